The lowest BCUT2D eigenvalue weighted by Crippen LogP contribution is -2.45. The molecule has 1 atom stereocenters. The van der Waals surface area contributed by atoms with Crippen LogP contribution in [0.4, 0.5) is 5.69 Å². The quantitative estimate of drug-likeness (QED) is 0.527. The lowest BCUT2D eigenvalue weighted by Gasteiger charge is -2.19. The predicted octanol–water partition coefficient (Wildman–Crippen LogP) is 1.64. The van der Waals surface area contributed by atoms with E-state index >= 15 is 0 Å². The standard InChI is InChI=1S/C20H16N4O6S/c25-18(22-11-14(19-21-8-9-30-19)12-4-2-1-3-5-12)17-23-15-7-6-13(20(26)27)10-16(15)31(28,29)24-17/h1-10,14H,11H2,(H,22,25)(H,23,24)(H,26,27). The first-order chi connectivity index (χ1) is 14.8. The molecule has 0 bridgehead atoms. The summed E-state index contributed by atoms with van der Waals surface area (Å²) in [4.78, 5) is 31.6. The van der Waals surface area contributed by atoms with Crippen LogP contribution in [0, 0.1) is 0 Å². The maximum Gasteiger partial charge on any atom is 0.335 e. The van der Waals surface area contributed by atoms with E-state index in [1.807, 2.05) is 30.3 Å². The number of carboxylic acids is 1. The minimum atomic E-state index is -4.16. The van der Waals surface area contributed by atoms with E-state index in [-0.39, 0.29) is 22.7 Å². The summed E-state index contributed by atoms with van der Waals surface area (Å²) in [5.41, 5.74) is 0.619. The fourth-order valence-electron chi connectivity index (χ4n) is 3.10. The van der Waals surface area contributed by atoms with Crippen molar-refractivity contribution in [1.82, 2.24) is 15.0 Å². The molecule has 31 heavy (non-hydrogen) atoms. The minimum Gasteiger partial charge on any atom is -0.478 e. The lowest BCUT2D eigenvalue weighted by atomic mass is 9.99. The number of nitrogens with one attached hydrogen (secondary N) is 2. The number of aliphatic imine (C=N–C) groups is 1. The molecular formula is C20H16N4O6S. The van der Waals surface area contributed by atoms with Crippen molar-refractivity contribution in [3.05, 3.63) is 78.0 Å². The number of oxazole rings is 1. The molecule has 1 aromatic heterocycles. The second-order valence-corrected chi connectivity index (χ2v) is 8.25. The van der Waals surface area contributed by atoms with Crippen LogP contribution in [0.5, 0.6) is 0 Å². The average molecular weight is 440 g/mol. The Hall–Kier alpha value is -3.99. The summed E-state index contributed by atoms with van der Waals surface area (Å²) in [6, 6.07) is 12.7. The maximum atomic E-state index is 12.7. The Balaban J connectivity index is 1.58. The number of amides is 1. The third-order valence-electron chi connectivity index (χ3n) is 4.59. The number of aromatic nitrogens is 1. The number of carboxylic acid groups (broad SMARTS) is 1. The van der Waals surface area contributed by atoms with Crippen LogP contribution in [0.2, 0.25) is 0 Å². The van der Waals surface area contributed by atoms with Gasteiger partial charge in [0.2, 0.25) is 11.7 Å². The van der Waals surface area contributed by atoms with E-state index in [0.717, 1.165) is 11.6 Å². The van der Waals surface area contributed by atoms with E-state index < -0.39 is 33.7 Å². The Morgan fingerprint density at radius 2 is 1.94 bits per heavy atom. The zero-order valence-electron chi connectivity index (χ0n) is 15.8. The van der Waals surface area contributed by atoms with Gasteiger partial charge in [-0.1, -0.05) is 30.3 Å². The van der Waals surface area contributed by atoms with Crippen molar-refractivity contribution >= 4 is 33.4 Å². The highest BCUT2D eigenvalue weighted by Crippen LogP contribution is 2.29. The average Bonchev–Trinajstić information content (AvgIpc) is 3.28. The highest BCUT2D eigenvalue weighted by Gasteiger charge is 2.30. The molecule has 3 N–H and O–H groups in total. The zero-order chi connectivity index (χ0) is 22.0. The lowest BCUT2D eigenvalue weighted by molar-refractivity contribution is -0.115. The molecule has 11 heteroatoms. The molecule has 158 valence electrons. The largest absolute Gasteiger partial charge is 0.478 e. The summed E-state index contributed by atoms with van der Waals surface area (Å²) in [7, 11) is -4.16. The van der Waals surface area contributed by atoms with Crippen molar-refractivity contribution in [2.45, 2.75) is 10.8 Å². The van der Waals surface area contributed by atoms with Crippen molar-refractivity contribution in [2.75, 3.05) is 6.54 Å². The number of nitrogens with zero attached hydrogens (tertiary/aromatic N) is 2. The molecule has 0 fully saturated rings. The molecule has 0 spiro atoms. The summed E-state index contributed by atoms with van der Waals surface area (Å²) in [5, 5.41) is 11.7. The zero-order valence-corrected chi connectivity index (χ0v) is 16.7. The predicted molar refractivity (Wildman–Crippen MR) is 109 cm³/mol. The first kappa shape index (κ1) is 20.3. The number of rotatable bonds is 6. The van der Waals surface area contributed by atoms with Crippen LogP contribution in [0.15, 0.2) is 75.3 Å². The van der Waals surface area contributed by atoms with E-state index in [1.54, 1.807) is 0 Å². The number of aromatic carboxylic acids is 1. The van der Waals surface area contributed by atoms with Crippen LogP contribution in [0.25, 0.3) is 0 Å². The molecule has 0 aliphatic carbocycles. The Bertz CT molecular complexity index is 1270. The number of hydrogen-bond donors (Lipinski definition) is 3. The van der Waals surface area contributed by atoms with Gasteiger partial charge in [0.05, 0.1) is 23.4 Å². The van der Waals surface area contributed by atoms with Gasteiger partial charge in [-0.05, 0) is 23.8 Å². The van der Waals surface area contributed by atoms with Gasteiger partial charge in [-0.3, -0.25) is 9.52 Å². The highest BCUT2D eigenvalue weighted by atomic mass is 32.2. The van der Waals surface area contributed by atoms with E-state index in [1.165, 1.54) is 24.6 Å². The van der Waals surface area contributed by atoms with Crippen molar-refractivity contribution in [3.8, 4) is 0 Å². The SMILES string of the molecule is O=C(NCC(c1ccccc1)c1ncco1)C1=Nc2ccc(C(=O)O)cc2S(=O)(=O)N1. The maximum absolute atomic E-state index is 12.7. The third kappa shape index (κ3) is 4.16. The van der Waals surface area contributed by atoms with Gasteiger partial charge in [0.1, 0.15) is 11.2 Å². The van der Waals surface area contributed by atoms with Crippen LogP contribution >= 0.6 is 0 Å². The molecule has 10 nitrogen and oxygen atoms in total. The molecule has 0 saturated carbocycles. The number of amidine groups is 1. The molecule has 2 heterocycles. The summed E-state index contributed by atoms with van der Waals surface area (Å²) in [5.74, 6) is -2.45. The van der Waals surface area contributed by atoms with E-state index in [9.17, 15) is 18.0 Å². The van der Waals surface area contributed by atoms with Crippen LogP contribution in [-0.4, -0.2) is 42.8 Å². The number of fused-ring (bicyclic) bond motifs is 1. The fourth-order valence-corrected chi connectivity index (χ4v) is 4.27. The van der Waals surface area contributed by atoms with Crippen LogP contribution in [-0.2, 0) is 14.8 Å². The van der Waals surface area contributed by atoms with Crippen molar-refractivity contribution in [2.24, 2.45) is 4.99 Å². The fraction of sp³-hybridized carbons (Fsp3) is 0.100. The summed E-state index contributed by atoms with van der Waals surface area (Å²) < 4.78 is 32.5. The summed E-state index contributed by atoms with van der Waals surface area (Å²) in [6.07, 6.45) is 2.92. The number of sulfonamides is 1. The second-order valence-electron chi connectivity index (χ2n) is 6.60. The molecule has 0 saturated heterocycles. The van der Waals surface area contributed by atoms with E-state index in [4.69, 9.17) is 9.52 Å². The van der Waals surface area contributed by atoms with Crippen molar-refractivity contribution < 1.29 is 27.5 Å². The summed E-state index contributed by atoms with van der Waals surface area (Å²) >= 11 is 0. The van der Waals surface area contributed by atoms with Gasteiger partial charge in [-0.2, -0.15) is 0 Å². The van der Waals surface area contributed by atoms with Gasteiger partial charge in [-0.15, -0.1) is 0 Å². The molecule has 2 aromatic carbocycles. The van der Waals surface area contributed by atoms with Gasteiger partial charge in [-0.25, -0.2) is 23.2 Å². The highest BCUT2D eigenvalue weighted by molar-refractivity contribution is 7.90. The monoisotopic (exact) mass is 440 g/mol. The third-order valence-corrected chi connectivity index (χ3v) is 5.96. The minimum absolute atomic E-state index is 0.0267. The van der Waals surface area contributed by atoms with Gasteiger partial charge >= 0.3 is 5.97 Å². The number of carbonyl (C=O) groups is 2. The molecular weight excluding hydrogens is 424 g/mol. The van der Waals surface area contributed by atoms with E-state index in [0.29, 0.717) is 5.89 Å². The van der Waals surface area contributed by atoms with Crippen molar-refractivity contribution in [3.63, 3.8) is 0 Å². The Labute approximate surface area is 176 Å². The first-order valence-electron chi connectivity index (χ1n) is 9.06. The molecule has 0 radical (unpaired) electrons. The Morgan fingerprint density at radius 1 is 1.16 bits per heavy atom. The molecule has 1 aliphatic heterocycles. The molecule has 1 amide bonds. The molecule has 4 rings (SSSR count). The number of benzene rings is 2. The van der Waals surface area contributed by atoms with Gasteiger partial charge in [0.25, 0.3) is 15.9 Å². The Kier molecular flexibility index (Phi) is 5.26. The van der Waals surface area contributed by atoms with Crippen molar-refractivity contribution in [1.29, 1.82) is 0 Å². The summed E-state index contributed by atoms with van der Waals surface area (Å²) in [6.45, 7) is 0.0783. The number of carbonyl (C=O) groups excluding carboxylic acids is 1. The topological polar surface area (TPSA) is 151 Å². The van der Waals surface area contributed by atoms with Crippen LogP contribution in [0.3, 0.4) is 0 Å². The Morgan fingerprint density at radius 3 is 2.61 bits per heavy atom. The normalized spacial score (nSPS) is 15.2. The van der Waals surface area contributed by atoms with Gasteiger partial charge in [0, 0.05) is 6.54 Å². The molecule has 1 aliphatic rings. The smallest absolute Gasteiger partial charge is 0.335 e. The van der Waals surface area contributed by atoms with E-state index in [2.05, 4.69) is 20.0 Å². The number of hydrogen-bond acceptors (Lipinski definition) is 7. The second kappa shape index (κ2) is 8.03. The molecule has 1 unspecified atom stereocenters. The van der Waals surface area contributed by atoms with Crippen LogP contribution < -0.4 is 10.0 Å². The first-order valence-corrected chi connectivity index (χ1v) is 10.5. The van der Waals surface area contributed by atoms with Crippen LogP contribution in [0.1, 0.15) is 27.7 Å². The van der Waals surface area contributed by atoms with Gasteiger partial charge in [0.15, 0.2) is 0 Å². The molecule has 3 aromatic rings. The van der Waals surface area contributed by atoms with Gasteiger partial charge < -0.3 is 14.8 Å².